The maximum absolute atomic E-state index is 8.95. The van der Waals surface area contributed by atoms with Gasteiger partial charge in [-0.2, -0.15) is 0 Å². The second-order valence-corrected chi connectivity index (χ2v) is 5.09. The monoisotopic (exact) mass is 302 g/mol. The number of hydrogen-bond donors (Lipinski definition) is 1. The highest BCUT2D eigenvalue weighted by Crippen LogP contribution is 2.29. The average molecular weight is 302 g/mol. The summed E-state index contributed by atoms with van der Waals surface area (Å²) >= 11 is 0. The molecule has 2 aromatic rings. The molecule has 0 unspecified atom stereocenters. The van der Waals surface area contributed by atoms with E-state index in [4.69, 9.17) is 14.6 Å². The molecule has 1 aromatic carbocycles. The Hall–Kier alpha value is -2.11. The zero-order valence-electron chi connectivity index (χ0n) is 13.0. The number of aliphatic hydroxyl groups excluding tert-OH is 1. The number of methoxy groups -OCH3 is 1. The molecule has 0 fully saturated rings. The summed E-state index contributed by atoms with van der Waals surface area (Å²) in [6.45, 7) is 2.02. The summed E-state index contributed by atoms with van der Waals surface area (Å²) < 4.78 is 11.2. The van der Waals surface area contributed by atoms with Gasteiger partial charge in [-0.05, 0) is 42.4 Å². The second kappa shape index (κ2) is 8.36. The third-order valence-electron chi connectivity index (χ3n) is 3.31. The Kier molecular flexibility index (Phi) is 6.18. The predicted molar refractivity (Wildman–Crippen MR) is 85.0 cm³/mol. The summed E-state index contributed by atoms with van der Waals surface area (Å²) in [6.07, 6.45) is 3.49. The van der Waals surface area contributed by atoms with Gasteiger partial charge in [-0.1, -0.05) is 6.07 Å². The highest BCUT2D eigenvalue weighted by molar-refractivity contribution is 5.43. The largest absolute Gasteiger partial charge is 0.493 e. The van der Waals surface area contributed by atoms with Crippen LogP contribution >= 0.6 is 0 Å². The molecule has 0 saturated heterocycles. The van der Waals surface area contributed by atoms with Crippen LogP contribution in [-0.2, 0) is 13.2 Å². The van der Waals surface area contributed by atoms with Crippen LogP contribution in [0, 0.1) is 0 Å². The maximum Gasteiger partial charge on any atom is 0.161 e. The van der Waals surface area contributed by atoms with Gasteiger partial charge in [0, 0.05) is 25.5 Å². The number of ether oxygens (including phenoxy) is 2. The van der Waals surface area contributed by atoms with Crippen molar-refractivity contribution in [1.82, 2.24) is 9.88 Å². The van der Waals surface area contributed by atoms with Gasteiger partial charge in [-0.3, -0.25) is 9.88 Å². The van der Waals surface area contributed by atoms with Gasteiger partial charge in [-0.15, -0.1) is 0 Å². The van der Waals surface area contributed by atoms with Crippen LogP contribution in [0.1, 0.15) is 11.1 Å². The number of likely N-dealkylation sites (N-methyl/N-ethyl adjacent to an activating group) is 1. The molecule has 0 atom stereocenters. The Morgan fingerprint density at radius 2 is 1.86 bits per heavy atom. The van der Waals surface area contributed by atoms with E-state index >= 15 is 0 Å². The zero-order valence-corrected chi connectivity index (χ0v) is 13.0. The van der Waals surface area contributed by atoms with E-state index in [1.807, 2.05) is 42.3 Å². The molecular weight excluding hydrogens is 280 g/mol. The van der Waals surface area contributed by atoms with Crippen molar-refractivity contribution < 1.29 is 14.6 Å². The van der Waals surface area contributed by atoms with Gasteiger partial charge < -0.3 is 14.6 Å². The third-order valence-corrected chi connectivity index (χ3v) is 3.31. The number of pyridine rings is 1. The van der Waals surface area contributed by atoms with E-state index in [0.29, 0.717) is 24.7 Å². The molecule has 118 valence electrons. The fraction of sp³-hybridized carbons (Fsp3) is 0.353. The summed E-state index contributed by atoms with van der Waals surface area (Å²) in [4.78, 5) is 6.03. The Morgan fingerprint density at radius 3 is 2.55 bits per heavy atom. The number of benzene rings is 1. The van der Waals surface area contributed by atoms with Crippen LogP contribution in [0.15, 0.2) is 42.7 Å². The molecule has 5 heteroatoms. The number of nitrogens with zero attached hydrogens (tertiary/aromatic N) is 2. The van der Waals surface area contributed by atoms with Crippen molar-refractivity contribution in [2.75, 3.05) is 27.3 Å². The van der Waals surface area contributed by atoms with Crippen LogP contribution in [-0.4, -0.2) is 42.3 Å². The molecule has 0 aliphatic heterocycles. The lowest BCUT2D eigenvalue weighted by atomic mass is 10.2. The fourth-order valence-electron chi connectivity index (χ4n) is 2.13. The highest BCUT2D eigenvalue weighted by Gasteiger charge is 2.08. The van der Waals surface area contributed by atoms with Gasteiger partial charge in [0.15, 0.2) is 11.5 Å². The van der Waals surface area contributed by atoms with Crippen molar-refractivity contribution >= 4 is 0 Å². The van der Waals surface area contributed by atoms with Crippen molar-refractivity contribution in [2.45, 2.75) is 13.2 Å². The lowest BCUT2D eigenvalue weighted by Gasteiger charge is -2.17. The maximum atomic E-state index is 8.95. The van der Waals surface area contributed by atoms with Crippen molar-refractivity contribution in [3.8, 4) is 11.5 Å². The van der Waals surface area contributed by atoms with Crippen LogP contribution in [0.3, 0.4) is 0 Å². The molecule has 22 heavy (non-hydrogen) atoms. The molecule has 0 amide bonds. The molecule has 0 spiro atoms. The van der Waals surface area contributed by atoms with E-state index < -0.39 is 0 Å². The van der Waals surface area contributed by atoms with Crippen molar-refractivity contribution in [1.29, 1.82) is 0 Å². The zero-order chi connectivity index (χ0) is 15.8. The summed E-state index contributed by atoms with van der Waals surface area (Å²) in [5, 5.41) is 8.95. The summed E-state index contributed by atoms with van der Waals surface area (Å²) in [6, 6.07) is 9.74. The van der Waals surface area contributed by atoms with Crippen LogP contribution in [0.25, 0.3) is 0 Å². The quantitative estimate of drug-likeness (QED) is 0.809. The van der Waals surface area contributed by atoms with E-state index in [1.54, 1.807) is 19.5 Å². The van der Waals surface area contributed by atoms with Crippen molar-refractivity contribution in [3.63, 3.8) is 0 Å². The van der Waals surface area contributed by atoms with Crippen LogP contribution in [0.2, 0.25) is 0 Å². The number of aromatic nitrogens is 1. The Balaban J connectivity index is 2.02. The van der Waals surface area contributed by atoms with Crippen LogP contribution < -0.4 is 9.47 Å². The lowest BCUT2D eigenvalue weighted by molar-refractivity contribution is 0.217. The van der Waals surface area contributed by atoms with E-state index in [0.717, 1.165) is 17.7 Å². The molecule has 1 aromatic heterocycles. The smallest absolute Gasteiger partial charge is 0.161 e. The van der Waals surface area contributed by atoms with Gasteiger partial charge >= 0.3 is 0 Å². The van der Waals surface area contributed by atoms with Gasteiger partial charge in [0.05, 0.1) is 13.7 Å². The standard InChI is InChI=1S/C17H22N2O3/c1-19(9-10-20)12-15-3-4-16(17(11-15)21-2)22-13-14-5-7-18-8-6-14/h3-8,11,20H,9-10,12-13H2,1-2H3. The van der Waals surface area contributed by atoms with E-state index in [1.165, 1.54) is 0 Å². The number of rotatable bonds is 8. The van der Waals surface area contributed by atoms with Crippen molar-refractivity contribution in [3.05, 3.63) is 53.9 Å². The van der Waals surface area contributed by atoms with E-state index in [-0.39, 0.29) is 6.61 Å². The molecule has 2 rings (SSSR count). The highest BCUT2D eigenvalue weighted by atomic mass is 16.5. The van der Waals surface area contributed by atoms with Gasteiger partial charge in [-0.25, -0.2) is 0 Å². The molecule has 0 radical (unpaired) electrons. The predicted octanol–water partition coefficient (Wildman–Crippen LogP) is 2.09. The lowest BCUT2D eigenvalue weighted by Crippen LogP contribution is -2.21. The molecule has 0 bridgehead atoms. The summed E-state index contributed by atoms with van der Waals surface area (Å²) in [5.41, 5.74) is 2.17. The normalized spacial score (nSPS) is 10.7. The van der Waals surface area contributed by atoms with Gasteiger partial charge in [0.1, 0.15) is 6.61 Å². The first kappa shape index (κ1) is 16.3. The topological polar surface area (TPSA) is 54.8 Å². The first-order chi connectivity index (χ1) is 10.7. The van der Waals surface area contributed by atoms with Crippen LogP contribution in [0.5, 0.6) is 11.5 Å². The minimum absolute atomic E-state index is 0.154. The second-order valence-electron chi connectivity index (χ2n) is 5.09. The first-order valence-electron chi connectivity index (χ1n) is 7.21. The molecular formula is C17H22N2O3. The van der Waals surface area contributed by atoms with Crippen molar-refractivity contribution in [2.24, 2.45) is 0 Å². The fourth-order valence-corrected chi connectivity index (χ4v) is 2.13. The minimum atomic E-state index is 0.154. The Labute approximate surface area is 131 Å². The van der Waals surface area contributed by atoms with E-state index in [2.05, 4.69) is 4.98 Å². The minimum Gasteiger partial charge on any atom is -0.493 e. The Bertz CT molecular complexity index is 575. The molecule has 5 nitrogen and oxygen atoms in total. The molecule has 0 saturated carbocycles. The van der Waals surface area contributed by atoms with Gasteiger partial charge in [0.25, 0.3) is 0 Å². The molecule has 1 heterocycles. The van der Waals surface area contributed by atoms with Gasteiger partial charge in [0.2, 0.25) is 0 Å². The van der Waals surface area contributed by atoms with E-state index in [9.17, 15) is 0 Å². The third kappa shape index (κ3) is 4.72. The SMILES string of the molecule is COc1cc(CN(C)CCO)ccc1OCc1ccncc1. The molecule has 0 aliphatic rings. The average Bonchev–Trinajstić information content (AvgIpc) is 2.54. The first-order valence-corrected chi connectivity index (χ1v) is 7.21. The number of hydrogen-bond acceptors (Lipinski definition) is 5. The molecule has 0 aliphatic carbocycles. The summed E-state index contributed by atoms with van der Waals surface area (Å²) in [5.74, 6) is 1.43. The summed E-state index contributed by atoms with van der Waals surface area (Å²) in [7, 11) is 3.60. The number of aliphatic hydroxyl groups is 1. The van der Waals surface area contributed by atoms with Crippen LogP contribution in [0.4, 0.5) is 0 Å². The molecule has 1 N–H and O–H groups in total. The Morgan fingerprint density at radius 1 is 1.09 bits per heavy atom.